The minimum Gasteiger partial charge on any atom is -0.464 e. The Hall–Kier alpha value is -3.00. The smallest absolute Gasteiger partial charge is 0.464 e. The molecule has 3 aromatic rings. The highest BCUT2D eigenvalue weighted by Crippen LogP contribution is 2.28. The first kappa shape index (κ1) is 20.7. The number of carbonyl (C=O) groups excluding carboxylic acids is 1. The number of alkyl halides is 3. The molecule has 0 fully saturated rings. The number of anilines is 1. The number of hydrogen-bond donors (Lipinski definition) is 1. The molecule has 3 rings (SSSR count). The number of para-hydroxylation sites is 1. The lowest BCUT2D eigenvalue weighted by atomic mass is 10.1. The van der Waals surface area contributed by atoms with Crippen LogP contribution in [-0.2, 0) is 9.53 Å². The summed E-state index contributed by atoms with van der Waals surface area (Å²) in [6.45, 7) is 1.80. The summed E-state index contributed by atoms with van der Waals surface area (Å²) in [4.78, 5) is 16.9. The molecule has 29 heavy (non-hydrogen) atoms. The molecule has 0 aliphatic carbocycles. The maximum Gasteiger partial charge on any atom is 0.573 e. The molecule has 2 aromatic carbocycles. The van der Waals surface area contributed by atoms with E-state index in [-0.39, 0.29) is 12.4 Å². The first-order valence-corrected chi connectivity index (χ1v) is 8.99. The van der Waals surface area contributed by atoms with Gasteiger partial charge >= 0.3 is 12.3 Å². The minimum absolute atomic E-state index is 0.142. The number of aromatic nitrogens is 1. The van der Waals surface area contributed by atoms with Crippen LogP contribution in [0, 0.1) is 0 Å². The van der Waals surface area contributed by atoms with Gasteiger partial charge in [0.05, 0.1) is 17.1 Å². The lowest BCUT2D eigenvalue weighted by molar-refractivity contribution is -0.274. The van der Waals surface area contributed by atoms with Gasteiger partial charge in [-0.05, 0) is 42.8 Å². The lowest BCUT2D eigenvalue weighted by Crippen LogP contribution is -2.24. The number of ether oxygens (including phenoxy) is 2. The zero-order chi connectivity index (χ0) is 21.0. The summed E-state index contributed by atoms with van der Waals surface area (Å²) >= 11 is 6.18. The van der Waals surface area contributed by atoms with Crippen LogP contribution in [0.2, 0.25) is 5.02 Å². The molecule has 0 saturated heterocycles. The third kappa shape index (κ3) is 5.29. The van der Waals surface area contributed by atoms with E-state index in [0.29, 0.717) is 21.9 Å². The summed E-state index contributed by atoms with van der Waals surface area (Å²) in [6.07, 6.45) is -4.80. The second kappa shape index (κ2) is 8.57. The van der Waals surface area contributed by atoms with E-state index in [9.17, 15) is 18.0 Å². The average Bonchev–Trinajstić information content (AvgIpc) is 2.66. The van der Waals surface area contributed by atoms with E-state index in [2.05, 4.69) is 15.0 Å². The van der Waals surface area contributed by atoms with E-state index in [1.165, 1.54) is 12.1 Å². The Morgan fingerprint density at radius 1 is 1.14 bits per heavy atom. The standard InChI is InChI=1S/C20H16ClF3N2O3/c1-2-28-19(27)18(13-6-9-14(10-7-13)29-20(22,23)24)26-16-11-8-12-4-3-5-15(21)17(12)25-16/h3-11,18H,2H2,1H3,(H,25,26). The lowest BCUT2D eigenvalue weighted by Gasteiger charge is -2.19. The molecule has 5 nitrogen and oxygen atoms in total. The van der Waals surface area contributed by atoms with Crippen molar-refractivity contribution in [1.82, 2.24) is 4.98 Å². The molecule has 1 heterocycles. The van der Waals surface area contributed by atoms with Crippen molar-refractivity contribution in [3.63, 3.8) is 0 Å². The zero-order valence-corrected chi connectivity index (χ0v) is 15.9. The van der Waals surface area contributed by atoms with Gasteiger partial charge in [-0.2, -0.15) is 0 Å². The van der Waals surface area contributed by atoms with Gasteiger partial charge in [0.2, 0.25) is 0 Å². The second-order valence-corrected chi connectivity index (χ2v) is 6.36. The zero-order valence-electron chi connectivity index (χ0n) is 15.2. The fourth-order valence-electron chi connectivity index (χ4n) is 2.71. The largest absolute Gasteiger partial charge is 0.573 e. The summed E-state index contributed by atoms with van der Waals surface area (Å²) in [5.74, 6) is -0.628. The second-order valence-electron chi connectivity index (χ2n) is 5.95. The van der Waals surface area contributed by atoms with E-state index in [1.54, 1.807) is 31.2 Å². The molecule has 1 atom stereocenters. The van der Waals surface area contributed by atoms with Gasteiger partial charge in [-0.25, -0.2) is 9.78 Å². The monoisotopic (exact) mass is 424 g/mol. The highest BCUT2D eigenvalue weighted by atomic mass is 35.5. The summed E-state index contributed by atoms with van der Waals surface area (Å²) in [5, 5.41) is 4.23. The Morgan fingerprint density at radius 3 is 2.52 bits per heavy atom. The number of fused-ring (bicyclic) bond motifs is 1. The number of pyridine rings is 1. The van der Waals surface area contributed by atoms with Gasteiger partial charge < -0.3 is 14.8 Å². The van der Waals surface area contributed by atoms with E-state index in [4.69, 9.17) is 16.3 Å². The van der Waals surface area contributed by atoms with Crippen LogP contribution in [0.4, 0.5) is 19.0 Å². The van der Waals surface area contributed by atoms with Gasteiger partial charge in [-0.3, -0.25) is 0 Å². The predicted octanol–water partition coefficient (Wildman–Crippen LogP) is 5.50. The average molecular weight is 425 g/mol. The highest BCUT2D eigenvalue weighted by Gasteiger charge is 2.31. The van der Waals surface area contributed by atoms with Gasteiger partial charge in [-0.15, -0.1) is 13.2 Å². The van der Waals surface area contributed by atoms with Gasteiger partial charge in [-0.1, -0.05) is 35.9 Å². The Bertz CT molecular complexity index is 1010. The van der Waals surface area contributed by atoms with Gasteiger partial charge in [0.15, 0.2) is 6.04 Å². The third-order valence-electron chi connectivity index (χ3n) is 3.93. The molecule has 0 saturated carbocycles. The van der Waals surface area contributed by atoms with Gasteiger partial charge in [0.1, 0.15) is 11.6 Å². The quantitative estimate of drug-likeness (QED) is 0.529. The fraction of sp³-hybridized carbons (Fsp3) is 0.200. The molecule has 1 unspecified atom stereocenters. The Morgan fingerprint density at radius 2 is 1.86 bits per heavy atom. The first-order valence-electron chi connectivity index (χ1n) is 8.61. The molecule has 1 N–H and O–H groups in total. The van der Waals surface area contributed by atoms with Crippen molar-refractivity contribution >= 4 is 34.3 Å². The maximum atomic E-state index is 12.4. The molecule has 0 aliphatic heterocycles. The number of carbonyl (C=O) groups is 1. The van der Waals surface area contributed by atoms with Gasteiger partial charge in [0, 0.05) is 5.39 Å². The van der Waals surface area contributed by atoms with Crippen LogP contribution < -0.4 is 10.1 Å². The van der Waals surface area contributed by atoms with Crippen LogP contribution in [0.15, 0.2) is 54.6 Å². The number of nitrogens with one attached hydrogen (secondary N) is 1. The molecule has 0 amide bonds. The van der Waals surface area contributed by atoms with Crippen LogP contribution in [0.5, 0.6) is 5.75 Å². The summed E-state index contributed by atoms with van der Waals surface area (Å²) in [5.41, 5.74) is 0.940. The summed E-state index contributed by atoms with van der Waals surface area (Å²) < 4.78 is 46.0. The molecule has 0 spiro atoms. The molecular formula is C20H16ClF3N2O3. The highest BCUT2D eigenvalue weighted by molar-refractivity contribution is 6.35. The maximum absolute atomic E-state index is 12.4. The number of benzene rings is 2. The van der Waals surface area contributed by atoms with Crippen molar-refractivity contribution in [2.24, 2.45) is 0 Å². The van der Waals surface area contributed by atoms with Crippen molar-refractivity contribution < 1.29 is 27.4 Å². The molecule has 0 bridgehead atoms. The van der Waals surface area contributed by atoms with Crippen molar-refractivity contribution in [2.75, 3.05) is 11.9 Å². The minimum atomic E-state index is -4.80. The van der Waals surface area contributed by atoms with E-state index in [1.807, 2.05) is 6.07 Å². The number of esters is 1. The molecule has 0 aliphatic rings. The van der Waals surface area contributed by atoms with Crippen molar-refractivity contribution in [2.45, 2.75) is 19.3 Å². The molecule has 9 heteroatoms. The van der Waals surface area contributed by atoms with Crippen LogP contribution in [0.1, 0.15) is 18.5 Å². The van der Waals surface area contributed by atoms with Gasteiger partial charge in [0.25, 0.3) is 0 Å². The molecule has 152 valence electrons. The summed E-state index contributed by atoms with van der Waals surface area (Å²) in [7, 11) is 0. The van der Waals surface area contributed by atoms with Crippen molar-refractivity contribution in [3.8, 4) is 5.75 Å². The Labute approximate surface area is 169 Å². The van der Waals surface area contributed by atoms with Crippen LogP contribution in [-0.4, -0.2) is 23.9 Å². The molecule has 1 aromatic heterocycles. The Balaban J connectivity index is 1.90. The SMILES string of the molecule is CCOC(=O)C(Nc1ccc2cccc(Cl)c2n1)c1ccc(OC(F)(F)F)cc1. The number of nitrogens with zero attached hydrogens (tertiary/aromatic N) is 1. The fourth-order valence-corrected chi connectivity index (χ4v) is 2.93. The van der Waals surface area contributed by atoms with E-state index in [0.717, 1.165) is 17.5 Å². The third-order valence-corrected chi connectivity index (χ3v) is 4.24. The van der Waals surface area contributed by atoms with Crippen LogP contribution >= 0.6 is 11.6 Å². The number of hydrogen-bond acceptors (Lipinski definition) is 5. The molecular weight excluding hydrogens is 409 g/mol. The van der Waals surface area contributed by atoms with Crippen molar-refractivity contribution in [3.05, 3.63) is 65.2 Å². The first-order chi connectivity index (χ1) is 13.8. The normalized spacial score (nSPS) is 12.4. The predicted molar refractivity (Wildman–Crippen MR) is 103 cm³/mol. The molecule has 0 radical (unpaired) electrons. The number of rotatable bonds is 6. The topological polar surface area (TPSA) is 60.5 Å². The van der Waals surface area contributed by atoms with Crippen molar-refractivity contribution in [1.29, 1.82) is 0 Å². The number of halogens is 4. The van der Waals surface area contributed by atoms with Crippen LogP contribution in [0.25, 0.3) is 10.9 Å². The Kier molecular flexibility index (Phi) is 6.12. The van der Waals surface area contributed by atoms with E-state index < -0.39 is 18.4 Å². The van der Waals surface area contributed by atoms with Crippen LogP contribution in [0.3, 0.4) is 0 Å². The van der Waals surface area contributed by atoms with E-state index >= 15 is 0 Å². The summed E-state index contributed by atoms with van der Waals surface area (Å²) in [6, 6.07) is 12.8.